The number of aromatic carboxylic acids is 1. The molecule has 2 rings (SSSR count). The molecule has 17 heavy (non-hydrogen) atoms. The molecule has 0 fully saturated rings. The number of anilines is 1. The van der Waals surface area contributed by atoms with Crippen LogP contribution in [-0.4, -0.2) is 16.1 Å². The molecule has 2 aromatic rings. The minimum atomic E-state index is -0.990. The molecule has 1 aromatic heterocycles. The van der Waals surface area contributed by atoms with Crippen LogP contribution in [-0.2, 0) is 0 Å². The molecule has 0 saturated heterocycles. The summed E-state index contributed by atoms with van der Waals surface area (Å²) in [6.07, 6.45) is 1.65. The Bertz CT molecular complexity index is 543. The predicted octanol–water partition coefficient (Wildman–Crippen LogP) is 2.51. The first-order valence-corrected chi connectivity index (χ1v) is 5.71. The molecule has 0 aliphatic carbocycles. The Morgan fingerprint density at radius 3 is 2.71 bits per heavy atom. The molecular weight excluding hydrogens is 236 g/mol. The maximum absolute atomic E-state index is 11.1. The van der Waals surface area contributed by atoms with Crippen molar-refractivity contribution in [1.29, 1.82) is 0 Å². The molecular formula is C12H10N2O2S. The second kappa shape index (κ2) is 4.88. The molecule has 86 valence electrons. The van der Waals surface area contributed by atoms with E-state index in [1.54, 1.807) is 24.4 Å². The summed E-state index contributed by atoms with van der Waals surface area (Å²) in [5.41, 5.74) is 6.44. The van der Waals surface area contributed by atoms with Crippen LogP contribution < -0.4 is 5.73 Å². The highest BCUT2D eigenvalue weighted by Gasteiger charge is 2.13. The van der Waals surface area contributed by atoms with Gasteiger partial charge in [0.15, 0.2) is 0 Å². The van der Waals surface area contributed by atoms with Crippen molar-refractivity contribution in [3.05, 3.63) is 48.2 Å². The fourth-order valence-electron chi connectivity index (χ4n) is 1.35. The van der Waals surface area contributed by atoms with Crippen LogP contribution in [0.1, 0.15) is 10.4 Å². The van der Waals surface area contributed by atoms with Gasteiger partial charge in [-0.2, -0.15) is 0 Å². The number of hydrogen-bond donors (Lipinski definition) is 2. The number of hydrogen-bond acceptors (Lipinski definition) is 4. The Balaban J connectivity index is 2.41. The summed E-state index contributed by atoms with van der Waals surface area (Å²) < 4.78 is 0. The van der Waals surface area contributed by atoms with E-state index >= 15 is 0 Å². The Labute approximate surface area is 102 Å². The summed E-state index contributed by atoms with van der Waals surface area (Å²) in [5.74, 6) is -0.990. The second-order valence-corrected chi connectivity index (χ2v) is 4.33. The lowest BCUT2D eigenvalue weighted by Gasteiger charge is -2.07. The van der Waals surface area contributed by atoms with Gasteiger partial charge in [-0.25, -0.2) is 9.78 Å². The monoisotopic (exact) mass is 246 g/mol. The third-order valence-electron chi connectivity index (χ3n) is 2.12. The largest absolute Gasteiger partial charge is 0.478 e. The van der Waals surface area contributed by atoms with Crippen molar-refractivity contribution < 1.29 is 9.90 Å². The SMILES string of the molecule is Nc1cccc(C(=O)O)c1Sc1ccccn1. The number of pyridine rings is 1. The zero-order valence-electron chi connectivity index (χ0n) is 8.83. The van der Waals surface area contributed by atoms with Gasteiger partial charge < -0.3 is 10.8 Å². The Morgan fingerprint density at radius 2 is 2.06 bits per heavy atom. The molecule has 5 heteroatoms. The molecule has 0 saturated carbocycles. The summed E-state index contributed by atoms with van der Waals surface area (Å²) in [5, 5.41) is 9.79. The first-order chi connectivity index (χ1) is 8.18. The van der Waals surface area contributed by atoms with Crippen LogP contribution in [0.15, 0.2) is 52.5 Å². The van der Waals surface area contributed by atoms with Gasteiger partial charge in [0.1, 0.15) is 5.03 Å². The molecule has 3 N–H and O–H groups in total. The third-order valence-corrected chi connectivity index (χ3v) is 3.23. The van der Waals surface area contributed by atoms with Gasteiger partial charge in [0.25, 0.3) is 0 Å². The molecule has 1 aromatic carbocycles. The van der Waals surface area contributed by atoms with Crippen molar-refractivity contribution in [2.24, 2.45) is 0 Å². The minimum Gasteiger partial charge on any atom is -0.478 e. The Morgan fingerprint density at radius 1 is 1.24 bits per heavy atom. The van der Waals surface area contributed by atoms with E-state index in [0.29, 0.717) is 15.6 Å². The van der Waals surface area contributed by atoms with Crippen LogP contribution >= 0.6 is 11.8 Å². The van der Waals surface area contributed by atoms with Crippen LogP contribution in [0.3, 0.4) is 0 Å². The first kappa shape index (κ1) is 11.5. The average molecular weight is 246 g/mol. The Kier molecular flexibility index (Phi) is 3.30. The van der Waals surface area contributed by atoms with Gasteiger partial charge in [0.05, 0.1) is 10.5 Å². The zero-order valence-corrected chi connectivity index (χ0v) is 9.65. The maximum atomic E-state index is 11.1. The van der Waals surface area contributed by atoms with Crippen molar-refractivity contribution in [2.75, 3.05) is 5.73 Å². The maximum Gasteiger partial charge on any atom is 0.336 e. The van der Waals surface area contributed by atoms with E-state index in [2.05, 4.69) is 4.98 Å². The van der Waals surface area contributed by atoms with Crippen molar-refractivity contribution in [2.45, 2.75) is 9.92 Å². The van der Waals surface area contributed by atoms with E-state index < -0.39 is 5.97 Å². The molecule has 0 radical (unpaired) electrons. The van der Waals surface area contributed by atoms with E-state index in [9.17, 15) is 4.79 Å². The van der Waals surface area contributed by atoms with E-state index in [1.165, 1.54) is 17.8 Å². The number of nitrogen functional groups attached to an aromatic ring is 1. The molecule has 0 amide bonds. The fourth-order valence-corrected chi connectivity index (χ4v) is 2.27. The molecule has 1 heterocycles. The molecule has 0 atom stereocenters. The normalized spacial score (nSPS) is 10.1. The van der Waals surface area contributed by atoms with Crippen LogP contribution in [0.25, 0.3) is 0 Å². The molecule has 0 unspecified atom stereocenters. The van der Waals surface area contributed by atoms with E-state index in [-0.39, 0.29) is 5.56 Å². The van der Waals surface area contributed by atoms with Crippen LogP contribution in [0, 0.1) is 0 Å². The highest BCUT2D eigenvalue weighted by molar-refractivity contribution is 7.99. The Hall–Kier alpha value is -2.01. The summed E-state index contributed by atoms with van der Waals surface area (Å²) >= 11 is 1.25. The number of rotatable bonds is 3. The third kappa shape index (κ3) is 2.57. The average Bonchev–Trinajstić information content (AvgIpc) is 2.33. The van der Waals surface area contributed by atoms with E-state index in [4.69, 9.17) is 10.8 Å². The lowest BCUT2D eigenvalue weighted by molar-refractivity contribution is 0.0693. The molecule has 0 spiro atoms. The quantitative estimate of drug-likeness (QED) is 0.814. The van der Waals surface area contributed by atoms with Gasteiger partial charge in [-0.05, 0) is 24.3 Å². The number of carbonyl (C=O) groups is 1. The van der Waals surface area contributed by atoms with Gasteiger partial charge in [0, 0.05) is 11.9 Å². The fraction of sp³-hybridized carbons (Fsp3) is 0. The van der Waals surface area contributed by atoms with Crippen LogP contribution in [0.5, 0.6) is 0 Å². The number of nitrogens with zero attached hydrogens (tertiary/aromatic N) is 1. The number of nitrogens with two attached hydrogens (primary N) is 1. The summed E-state index contributed by atoms with van der Waals surface area (Å²) in [7, 11) is 0. The van der Waals surface area contributed by atoms with Gasteiger partial charge in [-0.3, -0.25) is 0 Å². The van der Waals surface area contributed by atoms with Crippen LogP contribution in [0.4, 0.5) is 5.69 Å². The smallest absolute Gasteiger partial charge is 0.336 e. The minimum absolute atomic E-state index is 0.195. The topological polar surface area (TPSA) is 76.2 Å². The van der Waals surface area contributed by atoms with Gasteiger partial charge in [0.2, 0.25) is 0 Å². The number of aromatic nitrogens is 1. The van der Waals surface area contributed by atoms with Gasteiger partial charge in [-0.1, -0.05) is 23.9 Å². The molecule has 0 aliphatic heterocycles. The summed E-state index contributed by atoms with van der Waals surface area (Å²) in [6, 6.07) is 10.3. The number of carboxylic acids is 1. The van der Waals surface area contributed by atoms with Crippen molar-refractivity contribution in [3.8, 4) is 0 Å². The van der Waals surface area contributed by atoms with E-state index in [0.717, 1.165) is 0 Å². The zero-order chi connectivity index (χ0) is 12.3. The molecule has 4 nitrogen and oxygen atoms in total. The highest BCUT2D eigenvalue weighted by Crippen LogP contribution is 2.33. The van der Waals surface area contributed by atoms with Crippen molar-refractivity contribution >= 4 is 23.4 Å². The lowest BCUT2D eigenvalue weighted by atomic mass is 10.2. The molecule has 0 aliphatic rings. The number of benzene rings is 1. The summed E-state index contributed by atoms with van der Waals surface area (Å²) in [4.78, 5) is 15.7. The predicted molar refractivity (Wildman–Crippen MR) is 66.2 cm³/mol. The van der Waals surface area contributed by atoms with Crippen molar-refractivity contribution in [1.82, 2.24) is 4.98 Å². The van der Waals surface area contributed by atoms with E-state index in [1.807, 2.05) is 12.1 Å². The first-order valence-electron chi connectivity index (χ1n) is 4.89. The van der Waals surface area contributed by atoms with Gasteiger partial charge >= 0.3 is 5.97 Å². The highest BCUT2D eigenvalue weighted by atomic mass is 32.2. The second-order valence-electron chi connectivity index (χ2n) is 3.30. The number of carboxylic acid groups (broad SMARTS) is 1. The van der Waals surface area contributed by atoms with Gasteiger partial charge in [-0.15, -0.1) is 0 Å². The lowest BCUT2D eigenvalue weighted by Crippen LogP contribution is -2.01. The van der Waals surface area contributed by atoms with Crippen LogP contribution in [0.2, 0.25) is 0 Å². The molecule has 0 bridgehead atoms. The summed E-state index contributed by atoms with van der Waals surface area (Å²) in [6.45, 7) is 0. The standard InChI is InChI=1S/C12H10N2O2S/c13-9-5-3-4-8(12(15)16)11(9)17-10-6-1-2-7-14-10/h1-7H,13H2,(H,15,16). The van der Waals surface area contributed by atoms with Crippen molar-refractivity contribution in [3.63, 3.8) is 0 Å².